The van der Waals surface area contributed by atoms with E-state index in [0.29, 0.717) is 18.3 Å². The molecule has 2 heterocycles. The Morgan fingerprint density at radius 3 is 2.65 bits per heavy atom. The minimum atomic E-state index is 0.471. The summed E-state index contributed by atoms with van der Waals surface area (Å²) in [6.45, 7) is 2.93. The van der Waals surface area contributed by atoms with Gasteiger partial charge in [-0.1, -0.05) is 62.7 Å². The molecule has 3 rings (SSSR count). The van der Waals surface area contributed by atoms with Gasteiger partial charge in [-0.05, 0) is 29.0 Å². The third-order valence-corrected chi connectivity index (χ3v) is 4.00. The van der Waals surface area contributed by atoms with Crippen LogP contribution in [0.3, 0.4) is 0 Å². The first-order valence-electron chi connectivity index (χ1n) is 8.50. The third kappa shape index (κ3) is 3.75. The normalized spacial score (nSPS) is 11.3. The van der Waals surface area contributed by atoms with E-state index < -0.39 is 0 Å². The van der Waals surface area contributed by atoms with Gasteiger partial charge in [0, 0.05) is 0 Å². The molecule has 0 spiro atoms. The van der Waals surface area contributed by atoms with Crippen LogP contribution in [0.1, 0.15) is 51.9 Å². The predicted octanol–water partition coefficient (Wildman–Crippen LogP) is 3.80. The van der Waals surface area contributed by atoms with E-state index in [1.165, 1.54) is 38.5 Å². The Balaban J connectivity index is 1.59. The summed E-state index contributed by atoms with van der Waals surface area (Å²) >= 11 is 0. The monoisotopic (exact) mass is 313 g/mol. The zero-order valence-corrected chi connectivity index (χ0v) is 13.6. The van der Waals surface area contributed by atoms with Crippen molar-refractivity contribution >= 4 is 16.7 Å². The molecule has 0 aliphatic carbocycles. The van der Waals surface area contributed by atoms with E-state index in [1.807, 2.05) is 24.3 Å². The van der Waals surface area contributed by atoms with Crippen LogP contribution in [0.4, 0.5) is 0 Å². The van der Waals surface area contributed by atoms with E-state index in [-0.39, 0.29) is 0 Å². The second-order valence-electron chi connectivity index (χ2n) is 5.79. The first-order valence-corrected chi connectivity index (χ1v) is 8.50. The van der Waals surface area contributed by atoms with Crippen molar-refractivity contribution in [2.45, 2.75) is 51.9 Å². The number of aromatic nitrogens is 5. The Kier molecular flexibility index (Phi) is 5.34. The van der Waals surface area contributed by atoms with Crippen LogP contribution in [-0.4, -0.2) is 31.6 Å². The molecule has 3 aromatic rings. The van der Waals surface area contributed by atoms with Crippen molar-refractivity contribution in [2.75, 3.05) is 6.61 Å². The number of tetrazole rings is 1. The van der Waals surface area contributed by atoms with Gasteiger partial charge in [-0.25, -0.2) is 0 Å². The van der Waals surface area contributed by atoms with E-state index in [9.17, 15) is 0 Å². The summed E-state index contributed by atoms with van der Waals surface area (Å²) in [5.41, 5.74) is 0.914. The number of ether oxygens (including phenoxy) is 1. The molecule has 0 saturated carbocycles. The van der Waals surface area contributed by atoms with Gasteiger partial charge in [-0.15, -0.1) is 0 Å². The first kappa shape index (κ1) is 15.6. The van der Waals surface area contributed by atoms with Gasteiger partial charge in [0.2, 0.25) is 5.88 Å². The quantitative estimate of drug-likeness (QED) is 0.562. The molecular formula is C17H23N5O. The lowest BCUT2D eigenvalue weighted by Crippen LogP contribution is -2.03. The molecule has 0 fully saturated rings. The average Bonchev–Trinajstić information content (AvgIpc) is 3.06. The van der Waals surface area contributed by atoms with Crippen molar-refractivity contribution in [3.63, 3.8) is 0 Å². The van der Waals surface area contributed by atoms with Crippen LogP contribution in [0, 0.1) is 0 Å². The fourth-order valence-corrected chi connectivity index (χ4v) is 2.74. The van der Waals surface area contributed by atoms with Crippen LogP contribution in [0.15, 0.2) is 24.3 Å². The average molecular weight is 313 g/mol. The van der Waals surface area contributed by atoms with Gasteiger partial charge >= 0.3 is 0 Å². The number of fused-ring (bicyclic) bond motifs is 3. The summed E-state index contributed by atoms with van der Waals surface area (Å²) in [7, 11) is 0. The zero-order chi connectivity index (χ0) is 15.9. The molecule has 1 aromatic carbocycles. The molecule has 6 nitrogen and oxygen atoms in total. The van der Waals surface area contributed by atoms with E-state index in [4.69, 9.17) is 4.74 Å². The molecule has 0 aliphatic heterocycles. The van der Waals surface area contributed by atoms with Gasteiger partial charge in [0.05, 0.1) is 17.5 Å². The predicted molar refractivity (Wildman–Crippen MR) is 89.6 cm³/mol. The molecule has 0 aliphatic rings. The van der Waals surface area contributed by atoms with Gasteiger partial charge in [-0.2, -0.15) is 9.50 Å². The second kappa shape index (κ2) is 7.85. The summed E-state index contributed by atoms with van der Waals surface area (Å²) < 4.78 is 7.54. The Morgan fingerprint density at radius 2 is 1.78 bits per heavy atom. The van der Waals surface area contributed by atoms with E-state index in [2.05, 4.69) is 27.4 Å². The molecule has 0 saturated heterocycles. The lowest BCUT2D eigenvalue weighted by molar-refractivity contribution is 0.297. The van der Waals surface area contributed by atoms with Crippen LogP contribution >= 0.6 is 0 Å². The topological polar surface area (TPSA) is 65.2 Å². The van der Waals surface area contributed by atoms with Crippen LogP contribution in [-0.2, 0) is 0 Å². The number of benzene rings is 1. The molecule has 0 amide bonds. The van der Waals surface area contributed by atoms with Crippen molar-refractivity contribution in [1.29, 1.82) is 0 Å². The van der Waals surface area contributed by atoms with E-state index in [1.54, 1.807) is 4.52 Å². The second-order valence-corrected chi connectivity index (χ2v) is 5.79. The minimum absolute atomic E-state index is 0.471. The van der Waals surface area contributed by atoms with Gasteiger partial charge in [0.25, 0.3) is 5.78 Å². The number of para-hydroxylation sites is 1. The molecule has 0 atom stereocenters. The molecule has 0 bridgehead atoms. The third-order valence-electron chi connectivity index (χ3n) is 4.00. The van der Waals surface area contributed by atoms with E-state index >= 15 is 0 Å². The summed E-state index contributed by atoms with van der Waals surface area (Å²) in [4.78, 5) is 4.43. The van der Waals surface area contributed by atoms with Crippen molar-refractivity contribution in [3.8, 4) is 5.88 Å². The summed E-state index contributed by atoms with van der Waals surface area (Å²) in [6, 6.07) is 7.90. The highest BCUT2D eigenvalue weighted by molar-refractivity contribution is 5.85. The van der Waals surface area contributed by atoms with Gasteiger partial charge < -0.3 is 4.74 Å². The van der Waals surface area contributed by atoms with Gasteiger partial charge in [-0.3, -0.25) is 0 Å². The van der Waals surface area contributed by atoms with Crippen molar-refractivity contribution in [3.05, 3.63) is 24.3 Å². The first-order chi connectivity index (χ1) is 11.4. The summed E-state index contributed by atoms with van der Waals surface area (Å²) in [5, 5.41) is 12.5. The summed E-state index contributed by atoms with van der Waals surface area (Å²) in [5.74, 6) is 1.09. The molecule has 0 radical (unpaired) electrons. The Hall–Kier alpha value is -2.24. The highest BCUT2D eigenvalue weighted by Crippen LogP contribution is 2.23. The molecule has 0 unspecified atom stereocenters. The van der Waals surface area contributed by atoms with Crippen LogP contribution < -0.4 is 4.74 Å². The number of nitrogens with zero attached hydrogens (tertiary/aromatic N) is 5. The van der Waals surface area contributed by atoms with Crippen molar-refractivity contribution < 1.29 is 4.74 Å². The minimum Gasteiger partial charge on any atom is -0.477 e. The maximum Gasteiger partial charge on any atom is 0.277 e. The van der Waals surface area contributed by atoms with E-state index in [0.717, 1.165) is 17.3 Å². The van der Waals surface area contributed by atoms with Crippen molar-refractivity contribution in [2.24, 2.45) is 0 Å². The number of hydrogen-bond acceptors (Lipinski definition) is 5. The number of hydrogen-bond donors (Lipinski definition) is 0. The maximum absolute atomic E-state index is 5.90. The van der Waals surface area contributed by atoms with Gasteiger partial charge in [0.1, 0.15) is 0 Å². The lowest BCUT2D eigenvalue weighted by Gasteiger charge is -2.08. The standard InChI is InChI=1S/C17H23N5O/c1-2-3-4-5-6-7-10-13-23-16-14-11-8-9-12-15(14)22-17(18-16)19-20-21-22/h8-9,11-12H,2-7,10,13H2,1H3. The number of unbranched alkanes of at least 4 members (excludes halogenated alkanes) is 6. The highest BCUT2D eigenvalue weighted by Gasteiger charge is 2.10. The Bertz CT molecular complexity index is 755. The highest BCUT2D eigenvalue weighted by atomic mass is 16.5. The SMILES string of the molecule is CCCCCCCCCOc1nc2nnnn2c2ccccc12. The lowest BCUT2D eigenvalue weighted by atomic mass is 10.1. The molecular weight excluding hydrogens is 290 g/mol. The molecule has 122 valence electrons. The molecule has 23 heavy (non-hydrogen) atoms. The Morgan fingerprint density at radius 1 is 1.00 bits per heavy atom. The zero-order valence-electron chi connectivity index (χ0n) is 13.6. The van der Waals surface area contributed by atoms with Crippen LogP contribution in [0.2, 0.25) is 0 Å². The summed E-state index contributed by atoms with van der Waals surface area (Å²) in [6.07, 6.45) is 8.85. The molecule has 6 heteroatoms. The fourth-order valence-electron chi connectivity index (χ4n) is 2.74. The van der Waals surface area contributed by atoms with Gasteiger partial charge in [0.15, 0.2) is 0 Å². The largest absolute Gasteiger partial charge is 0.477 e. The molecule has 2 aromatic heterocycles. The fraction of sp³-hybridized carbons (Fsp3) is 0.529. The number of rotatable bonds is 9. The van der Waals surface area contributed by atoms with Crippen LogP contribution in [0.5, 0.6) is 5.88 Å². The smallest absolute Gasteiger partial charge is 0.277 e. The van der Waals surface area contributed by atoms with Crippen molar-refractivity contribution in [1.82, 2.24) is 25.0 Å². The molecule has 0 N–H and O–H groups in total. The van der Waals surface area contributed by atoms with Crippen LogP contribution in [0.25, 0.3) is 16.7 Å². The maximum atomic E-state index is 5.90. The Labute approximate surface area is 135 Å².